The minimum atomic E-state index is 0.648. The predicted octanol–water partition coefficient (Wildman–Crippen LogP) is 3.98. The van der Waals surface area contributed by atoms with Gasteiger partial charge in [-0.1, -0.05) is 12.1 Å². The van der Waals surface area contributed by atoms with E-state index in [2.05, 4.69) is 33.4 Å². The van der Waals surface area contributed by atoms with Gasteiger partial charge >= 0.3 is 0 Å². The molecule has 0 amide bonds. The SMILES string of the molecule is COc1cccc(CCNc2ccc(C#N)cc2Br)c1. The van der Waals surface area contributed by atoms with Crippen molar-refractivity contribution in [3.63, 3.8) is 0 Å². The maximum absolute atomic E-state index is 8.82. The molecule has 0 bridgehead atoms. The second-order valence-electron chi connectivity index (χ2n) is 4.33. The van der Waals surface area contributed by atoms with E-state index in [9.17, 15) is 0 Å². The highest BCUT2D eigenvalue weighted by atomic mass is 79.9. The molecule has 102 valence electrons. The van der Waals surface area contributed by atoms with Crippen molar-refractivity contribution in [2.45, 2.75) is 6.42 Å². The highest BCUT2D eigenvalue weighted by molar-refractivity contribution is 9.10. The van der Waals surface area contributed by atoms with E-state index in [4.69, 9.17) is 10.00 Å². The molecule has 0 aromatic heterocycles. The molecule has 2 aromatic rings. The van der Waals surface area contributed by atoms with Crippen molar-refractivity contribution in [3.05, 3.63) is 58.1 Å². The van der Waals surface area contributed by atoms with Gasteiger partial charge in [-0.25, -0.2) is 0 Å². The minimum Gasteiger partial charge on any atom is -0.497 e. The number of hydrogen-bond acceptors (Lipinski definition) is 3. The van der Waals surface area contributed by atoms with Gasteiger partial charge in [0.1, 0.15) is 5.75 Å². The van der Waals surface area contributed by atoms with Crippen LogP contribution in [0.25, 0.3) is 0 Å². The lowest BCUT2D eigenvalue weighted by Gasteiger charge is -2.09. The van der Waals surface area contributed by atoms with Gasteiger partial charge in [-0.3, -0.25) is 0 Å². The fourth-order valence-corrected chi connectivity index (χ4v) is 2.42. The molecule has 2 aromatic carbocycles. The minimum absolute atomic E-state index is 0.648. The largest absolute Gasteiger partial charge is 0.497 e. The van der Waals surface area contributed by atoms with Crippen LogP contribution in [0.15, 0.2) is 46.9 Å². The Balaban J connectivity index is 1.94. The zero-order chi connectivity index (χ0) is 14.4. The van der Waals surface area contributed by atoms with Crippen LogP contribution in [0.1, 0.15) is 11.1 Å². The normalized spacial score (nSPS) is 9.85. The van der Waals surface area contributed by atoms with Crippen LogP contribution in [0.4, 0.5) is 5.69 Å². The van der Waals surface area contributed by atoms with Gasteiger partial charge in [0, 0.05) is 16.7 Å². The molecule has 0 unspecified atom stereocenters. The molecule has 4 heteroatoms. The van der Waals surface area contributed by atoms with Gasteiger partial charge in [0.15, 0.2) is 0 Å². The molecule has 1 N–H and O–H groups in total. The van der Waals surface area contributed by atoms with E-state index in [1.165, 1.54) is 5.56 Å². The molecule has 0 fully saturated rings. The summed E-state index contributed by atoms with van der Waals surface area (Å²) in [5, 5.41) is 12.2. The van der Waals surface area contributed by atoms with Gasteiger partial charge in [0.2, 0.25) is 0 Å². The molecule has 0 saturated carbocycles. The number of halogens is 1. The van der Waals surface area contributed by atoms with Crippen LogP contribution in [0, 0.1) is 11.3 Å². The number of nitrogens with one attached hydrogen (secondary N) is 1. The van der Waals surface area contributed by atoms with Crippen LogP contribution in [0.3, 0.4) is 0 Å². The number of nitriles is 1. The third-order valence-electron chi connectivity index (χ3n) is 2.96. The Kier molecular flexibility index (Phi) is 5.03. The van der Waals surface area contributed by atoms with Crippen molar-refractivity contribution < 1.29 is 4.74 Å². The summed E-state index contributed by atoms with van der Waals surface area (Å²) in [6.45, 7) is 0.817. The first-order valence-corrected chi connectivity index (χ1v) is 7.08. The highest BCUT2D eigenvalue weighted by Crippen LogP contribution is 2.23. The average Bonchev–Trinajstić information content (AvgIpc) is 2.49. The lowest BCUT2D eigenvalue weighted by Crippen LogP contribution is -2.05. The molecule has 0 aliphatic heterocycles. The van der Waals surface area contributed by atoms with Crippen LogP contribution in [0.5, 0.6) is 5.75 Å². The number of rotatable bonds is 5. The maximum Gasteiger partial charge on any atom is 0.119 e. The van der Waals surface area contributed by atoms with Gasteiger partial charge in [-0.15, -0.1) is 0 Å². The molecular weight excluding hydrogens is 316 g/mol. The van der Waals surface area contributed by atoms with E-state index in [1.54, 1.807) is 13.2 Å². The molecule has 0 radical (unpaired) electrons. The topological polar surface area (TPSA) is 45.0 Å². The molecule has 0 heterocycles. The Labute approximate surface area is 127 Å². The lowest BCUT2D eigenvalue weighted by molar-refractivity contribution is 0.414. The number of hydrogen-bond donors (Lipinski definition) is 1. The predicted molar refractivity (Wildman–Crippen MR) is 84.0 cm³/mol. The Morgan fingerprint density at radius 1 is 1.25 bits per heavy atom. The molecule has 0 spiro atoms. The van der Waals surface area contributed by atoms with Gasteiger partial charge in [0.05, 0.1) is 18.7 Å². The summed E-state index contributed by atoms with van der Waals surface area (Å²) in [6, 6.07) is 15.7. The number of methoxy groups -OCH3 is 1. The van der Waals surface area contributed by atoms with E-state index in [0.29, 0.717) is 5.56 Å². The van der Waals surface area contributed by atoms with Crippen LogP contribution < -0.4 is 10.1 Å². The van der Waals surface area contributed by atoms with E-state index < -0.39 is 0 Å². The molecule has 0 atom stereocenters. The first-order valence-electron chi connectivity index (χ1n) is 6.29. The van der Waals surface area contributed by atoms with Crippen molar-refractivity contribution in [1.82, 2.24) is 0 Å². The van der Waals surface area contributed by atoms with Gasteiger partial charge in [-0.2, -0.15) is 5.26 Å². The zero-order valence-electron chi connectivity index (χ0n) is 11.2. The van der Waals surface area contributed by atoms with Crippen molar-refractivity contribution in [2.75, 3.05) is 19.0 Å². The standard InChI is InChI=1S/C16H15BrN2O/c1-20-14-4-2-3-12(9-14)7-8-19-16-6-5-13(11-18)10-15(16)17/h2-6,9-10,19H,7-8H2,1H3. The zero-order valence-corrected chi connectivity index (χ0v) is 12.8. The summed E-state index contributed by atoms with van der Waals surface area (Å²) in [5.74, 6) is 0.877. The lowest BCUT2D eigenvalue weighted by atomic mass is 10.1. The third-order valence-corrected chi connectivity index (χ3v) is 3.62. The van der Waals surface area contributed by atoms with Gasteiger partial charge < -0.3 is 10.1 Å². The average molecular weight is 331 g/mol. The first kappa shape index (κ1) is 14.4. The molecule has 2 rings (SSSR count). The smallest absolute Gasteiger partial charge is 0.119 e. The van der Waals surface area contributed by atoms with E-state index in [-0.39, 0.29) is 0 Å². The molecule has 0 aliphatic carbocycles. The van der Waals surface area contributed by atoms with Crippen molar-refractivity contribution in [2.24, 2.45) is 0 Å². The van der Waals surface area contributed by atoms with E-state index in [1.807, 2.05) is 30.3 Å². The summed E-state index contributed by atoms with van der Waals surface area (Å²) in [5.41, 5.74) is 2.86. The Morgan fingerprint density at radius 3 is 2.80 bits per heavy atom. The molecular formula is C16H15BrN2O. The second-order valence-corrected chi connectivity index (χ2v) is 5.19. The van der Waals surface area contributed by atoms with Crippen LogP contribution in [-0.2, 0) is 6.42 Å². The van der Waals surface area contributed by atoms with E-state index >= 15 is 0 Å². The van der Waals surface area contributed by atoms with Crippen molar-refractivity contribution >= 4 is 21.6 Å². The maximum atomic E-state index is 8.82. The van der Waals surface area contributed by atoms with Gasteiger partial charge in [0.25, 0.3) is 0 Å². The second kappa shape index (κ2) is 6.97. The molecule has 0 saturated heterocycles. The number of benzene rings is 2. The summed E-state index contributed by atoms with van der Waals surface area (Å²) in [4.78, 5) is 0. The third kappa shape index (κ3) is 3.75. The Hall–Kier alpha value is -1.99. The summed E-state index contributed by atoms with van der Waals surface area (Å²) < 4.78 is 6.11. The number of ether oxygens (including phenoxy) is 1. The number of nitrogens with zero attached hydrogens (tertiary/aromatic N) is 1. The highest BCUT2D eigenvalue weighted by Gasteiger charge is 2.01. The van der Waals surface area contributed by atoms with Crippen LogP contribution in [0.2, 0.25) is 0 Å². The summed E-state index contributed by atoms with van der Waals surface area (Å²) in [7, 11) is 1.67. The molecule has 20 heavy (non-hydrogen) atoms. The van der Waals surface area contributed by atoms with Gasteiger partial charge in [-0.05, 0) is 58.2 Å². The van der Waals surface area contributed by atoms with Crippen LogP contribution in [-0.4, -0.2) is 13.7 Å². The first-order chi connectivity index (χ1) is 9.72. The van der Waals surface area contributed by atoms with Crippen molar-refractivity contribution in [3.8, 4) is 11.8 Å². The quantitative estimate of drug-likeness (QED) is 0.901. The summed E-state index contributed by atoms with van der Waals surface area (Å²) in [6.07, 6.45) is 0.906. The molecule has 3 nitrogen and oxygen atoms in total. The van der Waals surface area contributed by atoms with Crippen LogP contribution >= 0.6 is 15.9 Å². The number of anilines is 1. The monoisotopic (exact) mass is 330 g/mol. The fourth-order valence-electron chi connectivity index (χ4n) is 1.90. The summed E-state index contributed by atoms with van der Waals surface area (Å²) >= 11 is 3.46. The Bertz CT molecular complexity index is 635. The fraction of sp³-hybridized carbons (Fsp3) is 0.188. The Morgan fingerprint density at radius 2 is 2.10 bits per heavy atom. The van der Waals surface area contributed by atoms with Crippen molar-refractivity contribution in [1.29, 1.82) is 5.26 Å². The molecule has 0 aliphatic rings. The van der Waals surface area contributed by atoms with E-state index in [0.717, 1.165) is 28.9 Å².